The molecule has 1 unspecified atom stereocenters. The molecule has 0 saturated heterocycles. The van der Waals surface area contributed by atoms with Crippen molar-refractivity contribution in [2.45, 2.75) is 45.2 Å². The Hall–Kier alpha value is -1.72. The molecule has 2 rings (SSSR count). The molecule has 3 atom stereocenters. The zero-order valence-corrected chi connectivity index (χ0v) is 16.8. The molecule has 0 aromatic carbocycles. The van der Waals surface area contributed by atoms with Crippen molar-refractivity contribution in [3.05, 3.63) is 44.8 Å². The highest BCUT2D eigenvalue weighted by molar-refractivity contribution is 7.51. The van der Waals surface area contributed by atoms with Crippen LogP contribution in [0.1, 0.15) is 31.6 Å². The number of unbranched alkanes of at least 4 members (excludes halogenated alkanes) is 1. The molecule has 1 aliphatic rings. The molecule has 0 saturated carbocycles. The summed E-state index contributed by atoms with van der Waals surface area (Å²) < 4.78 is 66.1. The van der Waals surface area contributed by atoms with E-state index in [1.807, 2.05) is 6.92 Å². The molecule has 0 radical (unpaired) electrons. The molecule has 1 aromatic heterocycles. The van der Waals surface area contributed by atoms with Gasteiger partial charge in [0.1, 0.15) is 6.10 Å². The Balaban J connectivity index is 1.98. The van der Waals surface area contributed by atoms with Gasteiger partial charge < -0.3 is 4.74 Å². The van der Waals surface area contributed by atoms with Crippen molar-refractivity contribution < 1.29 is 31.5 Å². The van der Waals surface area contributed by atoms with Crippen molar-refractivity contribution >= 4 is 7.75 Å². The van der Waals surface area contributed by atoms with Crippen molar-refractivity contribution in [1.82, 2.24) is 14.6 Å². The zero-order valence-electron chi connectivity index (χ0n) is 15.9. The fraction of sp³-hybridized carbons (Fsp3) is 0.625. The van der Waals surface area contributed by atoms with Gasteiger partial charge >= 0.3 is 19.6 Å². The minimum absolute atomic E-state index is 0.154. The summed E-state index contributed by atoms with van der Waals surface area (Å²) in [5.41, 5.74) is -0.905. The molecular weight excluding hydrogens is 418 g/mol. The molecule has 1 aromatic rings. The summed E-state index contributed by atoms with van der Waals surface area (Å²) in [6, 6.07) is 0. The van der Waals surface area contributed by atoms with E-state index in [2.05, 4.69) is 14.6 Å². The maximum Gasteiger partial charge on any atom is 0.412 e. The van der Waals surface area contributed by atoms with Gasteiger partial charge in [-0.2, -0.15) is 13.2 Å². The van der Waals surface area contributed by atoms with Crippen LogP contribution in [0.4, 0.5) is 13.2 Å². The molecule has 164 valence electrons. The minimum atomic E-state index is -4.66. The third-order valence-electron chi connectivity index (χ3n) is 3.87. The second kappa shape index (κ2) is 9.86. The van der Waals surface area contributed by atoms with E-state index in [1.165, 1.54) is 25.3 Å². The molecule has 2 N–H and O–H groups in total. The van der Waals surface area contributed by atoms with Gasteiger partial charge in [0.2, 0.25) is 0 Å². The Morgan fingerprint density at radius 2 is 2.03 bits per heavy atom. The summed E-state index contributed by atoms with van der Waals surface area (Å²) in [5, 5.41) is 2.40. The van der Waals surface area contributed by atoms with Crippen LogP contribution >= 0.6 is 7.75 Å². The monoisotopic (exact) mass is 441 g/mol. The van der Waals surface area contributed by atoms with Crippen molar-refractivity contribution in [2.75, 3.05) is 19.8 Å². The van der Waals surface area contributed by atoms with E-state index in [0.29, 0.717) is 12.0 Å². The SMILES string of the molecule is CCCCNP(=O)(OC[C@@H]1C=C[C@H](n2cc(C)c(=O)[nH]c2=O)O1)OCC(F)(F)F. The Bertz CT molecular complexity index is 882. The Labute approximate surface area is 164 Å². The first-order valence-corrected chi connectivity index (χ1v) is 10.4. The average Bonchev–Trinajstić information content (AvgIpc) is 3.10. The summed E-state index contributed by atoms with van der Waals surface area (Å²) in [4.78, 5) is 25.5. The molecular formula is C16H23F3N3O6P. The van der Waals surface area contributed by atoms with Gasteiger partial charge in [-0.05, 0) is 19.4 Å². The first-order valence-electron chi connectivity index (χ1n) is 8.90. The Morgan fingerprint density at radius 1 is 1.31 bits per heavy atom. The number of aromatic nitrogens is 2. The largest absolute Gasteiger partial charge is 0.412 e. The van der Waals surface area contributed by atoms with Crippen LogP contribution in [0.3, 0.4) is 0 Å². The van der Waals surface area contributed by atoms with E-state index >= 15 is 0 Å². The van der Waals surface area contributed by atoms with Crippen LogP contribution in [0.5, 0.6) is 0 Å². The zero-order chi connectivity index (χ0) is 21.7. The maximum absolute atomic E-state index is 12.5. The third-order valence-corrected chi connectivity index (χ3v) is 5.44. The van der Waals surface area contributed by atoms with Gasteiger partial charge in [-0.3, -0.25) is 23.4 Å². The quantitative estimate of drug-likeness (QED) is 0.326. The lowest BCUT2D eigenvalue weighted by atomic mass is 10.3. The number of hydrogen-bond acceptors (Lipinski definition) is 6. The number of rotatable bonds is 10. The average molecular weight is 441 g/mol. The predicted molar refractivity (Wildman–Crippen MR) is 97.6 cm³/mol. The van der Waals surface area contributed by atoms with Gasteiger partial charge in [0.15, 0.2) is 12.8 Å². The van der Waals surface area contributed by atoms with E-state index in [1.54, 1.807) is 0 Å². The number of H-pyrrole nitrogens is 1. The highest BCUT2D eigenvalue weighted by Gasteiger charge is 2.35. The van der Waals surface area contributed by atoms with E-state index < -0.39 is 44.1 Å². The number of nitrogens with one attached hydrogen (secondary N) is 2. The van der Waals surface area contributed by atoms with Gasteiger partial charge in [-0.15, -0.1) is 0 Å². The van der Waals surface area contributed by atoms with Crippen molar-refractivity contribution in [3.63, 3.8) is 0 Å². The van der Waals surface area contributed by atoms with Crippen LogP contribution < -0.4 is 16.3 Å². The summed E-state index contributed by atoms with van der Waals surface area (Å²) in [7, 11) is -4.21. The van der Waals surface area contributed by atoms with Gasteiger partial charge in [0, 0.05) is 18.3 Å². The number of aryl methyl sites for hydroxylation is 1. The number of alkyl halides is 3. The van der Waals surface area contributed by atoms with E-state index in [9.17, 15) is 27.3 Å². The molecule has 0 aliphatic carbocycles. The second-order valence-electron chi connectivity index (χ2n) is 6.37. The van der Waals surface area contributed by atoms with Crippen LogP contribution in [0.15, 0.2) is 27.9 Å². The number of halogens is 3. The number of aromatic amines is 1. The van der Waals surface area contributed by atoms with Gasteiger partial charge in [-0.1, -0.05) is 19.4 Å². The topological polar surface area (TPSA) is 112 Å². The number of ether oxygens (including phenoxy) is 1. The van der Waals surface area contributed by atoms with Crippen LogP contribution in [-0.4, -0.2) is 41.6 Å². The van der Waals surface area contributed by atoms with Gasteiger partial charge in [-0.25, -0.2) is 14.4 Å². The predicted octanol–water partition coefficient (Wildman–Crippen LogP) is 2.39. The standard InChI is InChI=1S/C16H23F3N3O6P/c1-3-4-7-20-29(25,27-10-16(17,18)19)26-9-12-5-6-13(28-12)22-8-11(2)14(23)21-15(22)24/h5-6,8,12-13H,3-4,7,9-10H2,1-2H3,(H,20,25)(H,21,23,24)/t12-,13+,29?/m0/s1. The first-order chi connectivity index (χ1) is 13.5. The number of nitrogens with zero attached hydrogens (tertiary/aromatic N) is 1. The van der Waals surface area contributed by atoms with Crippen LogP contribution in [0, 0.1) is 6.92 Å². The fourth-order valence-corrected chi connectivity index (χ4v) is 3.72. The van der Waals surface area contributed by atoms with E-state index in [-0.39, 0.29) is 13.2 Å². The van der Waals surface area contributed by atoms with E-state index in [4.69, 9.17) is 9.26 Å². The molecule has 9 nitrogen and oxygen atoms in total. The molecule has 0 bridgehead atoms. The highest BCUT2D eigenvalue weighted by Crippen LogP contribution is 2.45. The Morgan fingerprint density at radius 3 is 2.69 bits per heavy atom. The van der Waals surface area contributed by atoms with Crippen molar-refractivity contribution in [2.24, 2.45) is 0 Å². The van der Waals surface area contributed by atoms with E-state index in [0.717, 1.165) is 11.0 Å². The lowest BCUT2D eigenvalue weighted by Crippen LogP contribution is -2.33. The van der Waals surface area contributed by atoms with Crippen LogP contribution in [0.2, 0.25) is 0 Å². The lowest BCUT2D eigenvalue weighted by Gasteiger charge is -2.22. The molecule has 13 heteroatoms. The molecule has 0 spiro atoms. The molecule has 0 fully saturated rings. The van der Waals surface area contributed by atoms with Crippen LogP contribution in [-0.2, 0) is 18.3 Å². The minimum Gasteiger partial charge on any atom is -0.344 e. The normalized spacial score (nSPS) is 21.4. The third kappa shape index (κ3) is 7.23. The smallest absolute Gasteiger partial charge is 0.344 e. The molecule has 29 heavy (non-hydrogen) atoms. The summed E-state index contributed by atoms with van der Waals surface area (Å²) in [5.74, 6) is 0. The highest BCUT2D eigenvalue weighted by atomic mass is 31.2. The van der Waals surface area contributed by atoms with Crippen LogP contribution in [0.25, 0.3) is 0 Å². The second-order valence-corrected chi connectivity index (χ2v) is 8.20. The first kappa shape index (κ1) is 23.6. The summed E-state index contributed by atoms with van der Waals surface area (Å²) in [6.45, 7) is 1.45. The lowest BCUT2D eigenvalue weighted by molar-refractivity contribution is -0.156. The molecule has 1 aliphatic heterocycles. The summed E-state index contributed by atoms with van der Waals surface area (Å²) in [6.07, 6.45) is -0.650. The molecule has 2 heterocycles. The fourth-order valence-electron chi connectivity index (χ4n) is 2.37. The maximum atomic E-state index is 12.5. The number of hydrogen-bond donors (Lipinski definition) is 2. The van der Waals surface area contributed by atoms with Crippen molar-refractivity contribution in [3.8, 4) is 0 Å². The van der Waals surface area contributed by atoms with Crippen molar-refractivity contribution in [1.29, 1.82) is 0 Å². The summed E-state index contributed by atoms with van der Waals surface area (Å²) >= 11 is 0. The van der Waals surface area contributed by atoms with Gasteiger partial charge in [0.25, 0.3) is 5.56 Å². The van der Waals surface area contributed by atoms with Gasteiger partial charge in [0.05, 0.1) is 6.61 Å². The molecule has 0 amide bonds. The Kier molecular flexibility index (Phi) is 8.01.